The maximum absolute atomic E-state index is 12.2. The van der Waals surface area contributed by atoms with E-state index in [1.165, 1.54) is 19.3 Å². The summed E-state index contributed by atoms with van der Waals surface area (Å²) in [7, 11) is 0. The molecule has 1 aliphatic rings. The molecule has 1 amide bonds. The van der Waals surface area contributed by atoms with Crippen LogP contribution in [-0.4, -0.2) is 26.1 Å². The Morgan fingerprint density at radius 3 is 2.91 bits per heavy atom. The first-order valence-electron chi connectivity index (χ1n) is 7.54. The van der Waals surface area contributed by atoms with Crippen molar-refractivity contribution >= 4 is 21.8 Å². The van der Waals surface area contributed by atoms with Crippen LogP contribution in [0.2, 0.25) is 0 Å². The van der Waals surface area contributed by atoms with Gasteiger partial charge in [0.1, 0.15) is 0 Å². The molecule has 1 N–H and O–H groups in total. The van der Waals surface area contributed by atoms with Crippen molar-refractivity contribution in [2.75, 3.05) is 0 Å². The summed E-state index contributed by atoms with van der Waals surface area (Å²) in [4.78, 5) is 12.2. The number of carbonyl (C=O) groups excluding carboxylic acids is 1. The normalized spacial score (nSPS) is 15.7. The molecule has 0 unspecified atom stereocenters. The highest BCUT2D eigenvalue weighted by atomic mass is 79.9. The first-order valence-corrected chi connectivity index (χ1v) is 8.34. The Morgan fingerprint density at radius 1 is 1.32 bits per heavy atom. The van der Waals surface area contributed by atoms with Crippen molar-refractivity contribution in [3.8, 4) is 0 Å². The van der Waals surface area contributed by atoms with Crippen molar-refractivity contribution in [3.63, 3.8) is 0 Å². The predicted octanol–water partition coefficient (Wildman–Crippen LogP) is 2.87. The Kier molecular flexibility index (Phi) is 4.82. The molecule has 2 aromatic rings. The van der Waals surface area contributed by atoms with Gasteiger partial charge < -0.3 is 5.32 Å². The molecule has 1 aliphatic carbocycles. The highest BCUT2D eigenvalue weighted by molar-refractivity contribution is 9.10. The number of benzene rings is 1. The molecule has 1 heterocycles. The van der Waals surface area contributed by atoms with E-state index in [1.807, 2.05) is 16.8 Å². The van der Waals surface area contributed by atoms with Gasteiger partial charge in [-0.1, -0.05) is 41.3 Å². The molecule has 7 heteroatoms. The van der Waals surface area contributed by atoms with Crippen LogP contribution in [-0.2, 0) is 6.54 Å². The second kappa shape index (κ2) is 7.00. The van der Waals surface area contributed by atoms with Crippen LogP contribution in [0.25, 0.3) is 0 Å². The number of rotatable bonds is 4. The lowest BCUT2D eigenvalue weighted by Crippen LogP contribution is -2.26. The van der Waals surface area contributed by atoms with Crippen molar-refractivity contribution in [1.82, 2.24) is 25.5 Å². The number of amides is 1. The van der Waals surface area contributed by atoms with E-state index in [0.717, 1.165) is 23.1 Å². The third kappa shape index (κ3) is 3.52. The Bertz CT molecular complexity index is 651. The minimum Gasteiger partial charge on any atom is -0.345 e. The first kappa shape index (κ1) is 15.1. The van der Waals surface area contributed by atoms with Crippen molar-refractivity contribution in [3.05, 3.63) is 40.1 Å². The lowest BCUT2D eigenvalue weighted by Gasteiger charge is -2.22. The molecule has 6 nitrogen and oxygen atoms in total. The lowest BCUT2D eigenvalue weighted by molar-refractivity contribution is 0.0948. The van der Waals surface area contributed by atoms with Crippen LogP contribution in [0.1, 0.15) is 54.3 Å². The minimum absolute atomic E-state index is 0.125. The number of halogens is 1. The van der Waals surface area contributed by atoms with Crippen LogP contribution in [0.5, 0.6) is 0 Å². The summed E-state index contributed by atoms with van der Waals surface area (Å²) >= 11 is 3.37. The summed E-state index contributed by atoms with van der Waals surface area (Å²) in [5, 5.41) is 14.8. The molecule has 0 spiro atoms. The summed E-state index contributed by atoms with van der Waals surface area (Å²) < 4.78 is 2.76. The maximum atomic E-state index is 12.2. The molecule has 3 rings (SSSR count). The zero-order valence-electron chi connectivity index (χ0n) is 12.2. The Morgan fingerprint density at radius 2 is 2.14 bits per heavy atom. The van der Waals surface area contributed by atoms with Crippen molar-refractivity contribution in [2.45, 2.75) is 44.7 Å². The average molecular weight is 364 g/mol. The molecule has 1 saturated carbocycles. The number of tetrazole rings is 1. The van der Waals surface area contributed by atoms with Crippen LogP contribution in [0, 0.1) is 0 Å². The van der Waals surface area contributed by atoms with Gasteiger partial charge in [0.2, 0.25) is 0 Å². The number of nitrogens with zero attached hydrogens (tertiary/aromatic N) is 4. The van der Waals surface area contributed by atoms with E-state index in [2.05, 4.69) is 36.8 Å². The van der Waals surface area contributed by atoms with Gasteiger partial charge >= 0.3 is 0 Å². The van der Waals surface area contributed by atoms with E-state index in [9.17, 15) is 4.79 Å². The van der Waals surface area contributed by atoms with Crippen molar-refractivity contribution in [2.24, 2.45) is 0 Å². The van der Waals surface area contributed by atoms with Crippen molar-refractivity contribution < 1.29 is 4.79 Å². The van der Waals surface area contributed by atoms with Crippen LogP contribution >= 0.6 is 15.9 Å². The number of hydrogen-bond acceptors (Lipinski definition) is 4. The van der Waals surface area contributed by atoms with Crippen LogP contribution in [0.15, 0.2) is 28.7 Å². The Hall–Kier alpha value is -1.76. The van der Waals surface area contributed by atoms with Gasteiger partial charge in [0.15, 0.2) is 5.82 Å². The van der Waals surface area contributed by atoms with Gasteiger partial charge in [-0.2, -0.15) is 0 Å². The molecule has 0 atom stereocenters. The monoisotopic (exact) mass is 363 g/mol. The predicted molar refractivity (Wildman–Crippen MR) is 85.3 cm³/mol. The van der Waals surface area contributed by atoms with Gasteiger partial charge in [0, 0.05) is 10.0 Å². The van der Waals surface area contributed by atoms with Gasteiger partial charge in [0.05, 0.1) is 12.6 Å². The van der Waals surface area contributed by atoms with Crippen LogP contribution in [0.3, 0.4) is 0 Å². The largest absolute Gasteiger partial charge is 0.345 e. The molecule has 22 heavy (non-hydrogen) atoms. The van der Waals surface area contributed by atoms with E-state index >= 15 is 0 Å². The van der Waals surface area contributed by atoms with Gasteiger partial charge in [-0.3, -0.25) is 4.79 Å². The standard InChI is InChI=1S/C15H18BrN5O/c16-12-6-4-5-11(9-12)15(22)17-10-14-18-19-20-21(14)13-7-2-1-3-8-13/h4-6,9,13H,1-3,7-8,10H2,(H,17,22). The molecular formula is C15H18BrN5O. The number of nitrogens with one attached hydrogen (secondary N) is 1. The topological polar surface area (TPSA) is 72.7 Å². The minimum atomic E-state index is -0.125. The summed E-state index contributed by atoms with van der Waals surface area (Å²) in [6.07, 6.45) is 5.94. The van der Waals surface area contributed by atoms with Crippen LogP contribution < -0.4 is 5.32 Å². The first-order chi connectivity index (χ1) is 10.7. The second-order valence-corrected chi connectivity index (χ2v) is 6.44. The zero-order valence-corrected chi connectivity index (χ0v) is 13.8. The fourth-order valence-electron chi connectivity index (χ4n) is 2.83. The lowest BCUT2D eigenvalue weighted by atomic mass is 9.95. The van der Waals surface area contributed by atoms with E-state index in [1.54, 1.807) is 12.1 Å². The number of aromatic nitrogens is 4. The summed E-state index contributed by atoms with van der Waals surface area (Å²) in [6.45, 7) is 0.342. The van der Waals surface area contributed by atoms with E-state index < -0.39 is 0 Å². The van der Waals surface area contributed by atoms with E-state index in [0.29, 0.717) is 18.2 Å². The molecule has 1 fully saturated rings. The Labute approximate surface area is 137 Å². The van der Waals surface area contributed by atoms with E-state index in [-0.39, 0.29) is 5.91 Å². The fraction of sp³-hybridized carbons (Fsp3) is 0.467. The van der Waals surface area contributed by atoms with Crippen molar-refractivity contribution in [1.29, 1.82) is 0 Å². The maximum Gasteiger partial charge on any atom is 0.251 e. The summed E-state index contributed by atoms with van der Waals surface area (Å²) in [5.41, 5.74) is 0.617. The zero-order chi connectivity index (χ0) is 15.4. The summed E-state index contributed by atoms with van der Waals surface area (Å²) in [5.74, 6) is 0.592. The molecule has 1 aromatic carbocycles. The molecular weight excluding hydrogens is 346 g/mol. The third-order valence-electron chi connectivity index (χ3n) is 3.98. The Balaban J connectivity index is 1.64. The SMILES string of the molecule is O=C(NCc1nnnn1C1CCCCC1)c1cccc(Br)c1. The smallest absolute Gasteiger partial charge is 0.251 e. The second-order valence-electron chi connectivity index (χ2n) is 5.52. The third-order valence-corrected chi connectivity index (χ3v) is 4.47. The quantitative estimate of drug-likeness (QED) is 0.906. The molecule has 0 saturated heterocycles. The summed E-state index contributed by atoms with van der Waals surface area (Å²) in [6, 6.07) is 7.66. The molecule has 116 valence electrons. The van der Waals surface area contributed by atoms with Gasteiger partial charge in [-0.05, 0) is 41.5 Å². The van der Waals surface area contributed by atoms with E-state index in [4.69, 9.17) is 0 Å². The van der Waals surface area contributed by atoms with Crippen LogP contribution in [0.4, 0.5) is 0 Å². The average Bonchev–Trinajstić information content (AvgIpc) is 3.02. The van der Waals surface area contributed by atoms with Gasteiger partial charge in [0.25, 0.3) is 5.91 Å². The fourth-order valence-corrected chi connectivity index (χ4v) is 3.23. The van der Waals surface area contributed by atoms with Gasteiger partial charge in [-0.15, -0.1) is 5.10 Å². The highest BCUT2D eigenvalue weighted by Crippen LogP contribution is 2.27. The molecule has 0 bridgehead atoms. The number of hydrogen-bond donors (Lipinski definition) is 1. The highest BCUT2D eigenvalue weighted by Gasteiger charge is 2.20. The van der Waals surface area contributed by atoms with Gasteiger partial charge in [-0.25, -0.2) is 4.68 Å². The molecule has 1 aromatic heterocycles. The molecule has 0 aliphatic heterocycles. The number of carbonyl (C=O) groups is 1. The molecule has 0 radical (unpaired) electrons.